The fourth-order valence-electron chi connectivity index (χ4n) is 2.53. The summed E-state index contributed by atoms with van der Waals surface area (Å²) in [5.41, 5.74) is 1.60. The van der Waals surface area contributed by atoms with E-state index in [2.05, 4.69) is 9.98 Å². The lowest BCUT2D eigenvalue weighted by atomic mass is 9.97. The van der Waals surface area contributed by atoms with Crippen LogP contribution in [-0.4, -0.2) is 10.7 Å². The van der Waals surface area contributed by atoms with Crippen LogP contribution in [0.4, 0.5) is 18.9 Å². The summed E-state index contributed by atoms with van der Waals surface area (Å²) in [5.74, 6) is 0. The van der Waals surface area contributed by atoms with Gasteiger partial charge in [0, 0.05) is 23.5 Å². The summed E-state index contributed by atoms with van der Waals surface area (Å²) in [6.45, 7) is 1.87. The topological polar surface area (TPSA) is 25.2 Å². The molecule has 0 aliphatic carbocycles. The number of hydrogen-bond donors (Lipinski definition) is 0. The van der Waals surface area contributed by atoms with Gasteiger partial charge in [0.05, 0.1) is 17.0 Å². The Hall–Kier alpha value is -2.95. The number of benzene rings is 2. The Kier molecular flexibility index (Phi) is 4.65. The van der Waals surface area contributed by atoms with Crippen LogP contribution in [0.1, 0.15) is 22.3 Å². The van der Waals surface area contributed by atoms with Crippen molar-refractivity contribution in [2.75, 3.05) is 0 Å². The standard InChI is InChI=1S/C20H15F3N2/c1-14-7-2-5-11-18(14)25-19(15-8-6-12-24-13-15)16-9-3-4-10-17(16)20(21,22)23/h2-13H,1H3. The van der Waals surface area contributed by atoms with Crippen LogP contribution >= 0.6 is 0 Å². The molecule has 0 aliphatic rings. The molecule has 2 aromatic carbocycles. The van der Waals surface area contributed by atoms with Crippen LogP contribution in [0, 0.1) is 6.92 Å². The van der Waals surface area contributed by atoms with E-state index in [-0.39, 0.29) is 11.3 Å². The van der Waals surface area contributed by atoms with Crippen LogP contribution in [0.15, 0.2) is 78.0 Å². The molecule has 0 fully saturated rings. The molecule has 126 valence electrons. The molecule has 0 radical (unpaired) electrons. The van der Waals surface area contributed by atoms with Crippen molar-refractivity contribution in [2.45, 2.75) is 13.1 Å². The lowest BCUT2D eigenvalue weighted by molar-refractivity contribution is -0.137. The van der Waals surface area contributed by atoms with Crippen molar-refractivity contribution in [3.63, 3.8) is 0 Å². The summed E-state index contributed by atoms with van der Waals surface area (Å²) in [6.07, 6.45) is -1.37. The van der Waals surface area contributed by atoms with Gasteiger partial charge in [-0.1, -0.05) is 36.4 Å². The number of rotatable bonds is 3. The Morgan fingerprint density at radius 3 is 2.32 bits per heavy atom. The van der Waals surface area contributed by atoms with Crippen molar-refractivity contribution in [3.05, 3.63) is 95.3 Å². The molecular weight excluding hydrogens is 325 g/mol. The third kappa shape index (κ3) is 3.76. The van der Waals surface area contributed by atoms with Crippen molar-refractivity contribution in [1.29, 1.82) is 0 Å². The van der Waals surface area contributed by atoms with Gasteiger partial charge in [0.1, 0.15) is 0 Å². The maximum Gasteiger partial charge on any atom is 0.417 e. The van der Waals surface area contributed by atoms with Gasteiger partial charge in [-0.15, -0.1) is 0 Å². The zero-order valence-corrected chi connectivity index (χ0v) is 13.5. The van der Waals surface area contributed by atoms with Gasteiger partial charge in [0.25, 0.3) is 0 Å². The monoisotopic (exact) mass is 340 g/mol. The smallest absolute Gasteiger partial charge is 0.264 e. The van der Waals surface area contributed by atoms with Gasteiger partial charge in [-0.2, -0.15) is 13.2 Å². The Balaban J connectivity index is 2.26. The summed E-state index contributed by atoms with van der Waals surface area (Å²) in [6, 6.07) is 16.2. The highest BCUT2D eigenvalue weighted by molar-refractivity contribution is 6.14. The van der Waals surface area contributed by atoms with Gasteiger partial charge in [-0.25, -0.2) is 4.99 Å². The van der Waals surface area contributed by atoms with Crippen LogP contribution < -0.4 is 0 Å². The van der Waals surface area contributed by atoms with Crippen molar-refractivity contribution >= 4 is 11.4 Å². The van der Waals surface area contributed by atoms with Gasteiger partial charge in [0.15, 0.2) is 0 Å². The molecule has 1 aromatic heterocycles. The fraction of sp³-hybridized carbons (Fsp3) is 0.100. The van der Waals surface area contributed by atoms with Gasteiger partial charge in [-0.3, -0.25) is 4.98 Å². The zero-order chi connectivity index (χ0) is 17.9. The lowest BCUT2D eigenvalue weighted by Crippen LogP contribution is -2.14. The quantitative estimate of drug-likeness (QED) is 0.572. The molecule has 0 saturated heterocycles. The highest BCUT2D eigenvalue weighted by atomic mass is 19.4. The average molecular weight is 340 g/mol. The third-order valence-electron chi connectivity index (χ3n) is 3.77. The van der Waals surface area contributed by atoms with Gasteiger partial charge < -0.3 is 0 Å². The van der Waals surface area contributed by atoms with Crippen molar-refractivity contribution in [1.82, 2.24) is 4.98 Å². The fourth-order valence-corrected chi connectivity index (χ4v) is 2.53. The molecule has 5 heteroatoms. The normalized spacial score (nSPS) is 12.2. The first-order valence-electron chi connectivity index (χ1n) is 7.68. The highest BCUT2D eigenvalue weighted by Gasteiger charge is 2.34. The first-order valence-corrected chi connectivity index (χ1v) is 7.68. The van der Waals surface area contributed by atoms with E-state index < -0.39 is 11.7 Å². The number of aliphatic imine (C=N–C) groups is 1. The molecule has 3 aromatic rings. The van der Waals surface area contributed by atoms with Crippen LogP contribution in [0.3, 0.4) is 0 Å². The van der Waals surface area contributed by atoms with E-state index in [9.17, 15) is 13.2 Å². The molecule has 25 heavy (non-hydrogen) atoms. The number of aryl methyl sites for hydroxylation is 1. The molecule has 0 saturated carbocycles. The maximum absolute atomic E-state index is 13.5. The Bertz CT molecular complexity index is 900. The first-order chi connectivity index (χ1) is 12.0. The SMILES string of the molecule is Cc1ccccc1N=C(c1cccnc1)c1ccccc1C(F)(F)F. The molecule has 2 nitrogen and oxygen atoms in total. The second kappa shape index (κ2) is 6.89. The summed E-state index contributed by atoms with van der Waals surface area (Å²) in [4.78, 5) is 8.57. The predicted octanol–water partition coefficient (Wildman–Crippen LogP) is 5.58. The second-order valence-corrected chi connectivity index (χ2v) is 5.53. The zero-order valence-electron chi connectivity index (χ0n) is 13.5. The molecule has 0 spiro atoms. The lowest BCUT2D eigenvalue weighted by Gasteiger charge is -2.15. The second-order valence-electron chi connectivity index (χ2n) is 5.53. The van der Waals surface area contributed by atoms with Crippen molar-refractivity contribution < 1.29 is 13.2 Å². The molecule has 0 aliphatic heterocycles. The number of nitrogens with zero attached hydrogens (tertiary/aromatic N) is 2. The number of aromatic nitrogens is 1. The van der Waals surface area contributed by atoms with Crippen LogP contribution in [0.5, 0.6) is 0 Å². The molecule has 1 heterocycles. The number of para-hydroxylation sites is 1. The molecule has 0 N–H and O–H groups in total. The van der Waals surface area contributed by atoms with E-state index in [1.165, 1.54) is 18.3 Å². The van der Waals surface area contributed by atoms with Crippen molar-refractivity contribution in [2.24, 2.45) is 4.99 Å². The third-order valence-corrected chi connectivity index (χ3v) is 3.77. The van der Waals surface area contributed by atoms with Gasteiger partial charge in [-0.05, 0) is 36.8 Å². The molecule has 3 rings (SSSR count). The molecule has 0 bridgehead atoms. The largest absolute Gasteiger partial charge is 0.417 e. The molecule has 0 amide bonds. The van der Waals surface area contributed by atoms with E-state index in [4.69, 9.17) is 0 Å². The minimum atomic E-state index is -4.47. The van der Waals surface area contributed by atoms with E-state index >= 15 is 0 Å². The van der Waals surface area contributed by atoms with Crippen LogP contribution in [0.25, 0.3) is 0 Å². The van der Waals surface area contributed by atoms with Gasteiger partial charge >= 0.3 is 6.18 Å². The van der Waals surface area contributed by atoms with E-state index in [1.54, 1.807) is 30.5 Å². The van der Waals surface area contributed by atoms with E-state index in [0.717, 1.165) is 11.6 Å². The first kappa shape index (κ1) is 16.9. The summed E-state index contributed by atoms with van der Waals surface area (Å²) in [5, 5.41) is 0. The van der Waals surface area contributed by atoms with E-state index in [1.807, 2.05) is 25.1 Å². The molecular formula is C20H15F3N2. The summed E-state index contributed by atoms with van der Waals surface area (Å²) in [7, 11) is 0. The summed E-state index contributed by atoms with van der Waals surface area (Å²) < 4.78 is 40.4. The number of alkyl halides is 3. The van der Waals surface area contributed by atoms with E-state index in [0.29, 0.717) is 11.3 Å². The Morgan fingerprint density at radius 1 is 0.920 bits per heavy atom. The molecule has 0 atom stereocenters. The Labute approximate surface area is 143 Å². The summed E-state index contributed by atoms with van der Waals surface area (Å²) >= 11 is 0. The minimum Gasteiger partial charge on any atom is -0.264 e. The van der Waals surface area contributed by atoms with Gasteiger partial charge in [0.2, 0.25) is 0 Å². The predicted molar refractivity (Wildman–Crippen MR) is 92.2 cm³/mol. The average Bonchev–Trinajstić information content (AvgIpc) is 2.61. The maximum atomic E-state index is 13.5. The van der Waals surface area contributed by atoms with Crippen LogP contribution in [-0.2, 0) is 6.18 Å². The van der Waals surface area contributed by atoms with Crippen molar-refractivity contribution in [3.8, 4) is 0 Å². The number of hydrogen-bond acceptors (Lipinski definition) is 2. The number of pyridine rings is 1. The Morgan fingerprint density at radius 2 is 1.64 bits per heavy atom. The number of halogens is 3. The minimum absolute atomic E-state index is 0.0336. The van der Waals surface area contributed by atoms with Crippen LogP contribution in [0.2, 0.25) is 0 Å². The molecule has 0 unspecified atom stereocenters. The highest BCUT2D eigenvalue weighted by Crippen LogP contribution is 2.34.